The summed E-state index contributed by atoms with van der Waals surface area (Å²) in [5.74, 6) is 2.75. The van der Waals surface area contributed by atoms with Crippen LogP contribution in [-0.4, -0.2) is 34.3 Å². The molecule has 1 saturated carbocycles. The van der Waals surface area contributed by atoms with Gasteiger partial charge >= 0.3 is 0 Å². The minimum absolute atomic E-state index is 0.0321. The van der Waals surface area contributed by atoms with Crippen molar-refractivity contribution >= 4 is 11.8 Å². The number of nitrogens with one attached hydrogen (secondary N) is 1. The Labute approximate surface area is 127 Å². The van der Waals surface area contributed by atoms with Gasteiger partial charge in [-0.3, -0.25) is 9.59 Å². The standard InChI is InChI=1S/C17H26N2O2/c1-4-10-13(5-2)19-14(6-3)15(20)18-17(16(19)21)11-8-7-9-12-17/h2,13-14H,4,6-12H2,1,3H3,(H,18,20). The van der Waals surface area contributed by atoms with Gasteiger partial charge in [0.2, 0.25) is 11.8 Å². The molecule has 116 valence electrons. The Bertz CT molecular complexity index is 446. The Morgan fingerprint density at radius 2 is 2.00 bits per heavy atom. The molecular weight excluding hydrogens is 264 g/mol. The normalized spacial score (nSPS) is 26.3. The summed E-state index contributed by atoms with van der Waals surface area (Å²) in [6.07, 6.45) is 12.5. The van der Waals surface area contributed by atoms with Crippen molar-refractivity contribution in [3.8, 4) is 12.3 Å². The maximum atomic E-state index is 13.1. The van der Waals surface area contributed by atoms with Gasteiger partial charge in [0, 0.05) is 0 Å². The van der Waals surface area contributed by atoms with Gasteiger partial charge in [-0.05, 0) is 25.7 Å². The van der Waals surface area contributed by atoms with Gasteiger partial charge in [-0.25, -0.2) is 0 Å². The molecule has 2 aliphatic rings. The van der Waals surface area contributed by atoms with Crippen LogP contribution in [0, 0.1) is 12.3 Å². The molecule has 0 bridgehead atoms. The van der Waals surface area contributed by atoms with E-state index in [4.69, 9.17) is 6.42 Å². The Hall–Kier alpha value is -1.50. The molecule has 1 N–H and O–H groups in total. The molecule has 2 rings (SSSR count). The molecule has 4 heteroatoms. The van der Waals surface area contributed by atoms with Gasteiger partial charge in [0.15, 0.2) is 0 Å². The number of carbonyl (C=O) groups excluding carboxylic acids is 2. The van der Waals surface area contributed by atoms with Gasteiger partial charge in [-0.2, -0.15) is 0 Å². The second kappa shape index (κ2) is 6.51. The zero-order valence-corrected chi connectivity index (χ0v) is 13.2. The Morgan fingerprint density at radius 1 is 1.33 bits per heavy atom. The number of amides is 2. The molecule has 2 atom stereocenters. The zero-order valence-electron chi connectivity index (χ0n) is 13.2. The van der Waals surface area contributed by atoms with Crippen LogP contribution < -0.4 is 5.32 Å². The predicted molar refractivity (Wildman–Crippen MR) is 82.4 cm³/mol. The SMILES string of the molecule is C#CC(CCC)N1C(=O)C2(CCCCC2)NC(=O)C1CC. The van der Waals surface area contributed by atoms with Crippen molar-refractivity contribution in [3.05, 3.63) is 0 Å². The Morgan fingerprint density at radius 3 is 2.52 bits per heavy atom. The minimum Gasteiger partial charge on any atom is -0.340 e. The lowest BCUT2D eigenvalue weighted by atomic mass is 9.77. The summed E-state index contributed by atoms with van der Waals surface area (Å²) < 4.78 is 0. The fourth-order valence-corrected chi connectivity index (χ4v) is 3.70. The van der Waals surface area contributed by atoms with E-state index in [2.05, 4.69) is 18.2 Å². The van der Waals surface area contributed by atoms with Gasteiger partial charge in [0.1, 0.15) is 11.6 Å². The van der Waals surface area contributed by atoms with E-state index in [1.807, 2.05) is 6.92 Å². The van der Waals surface area contributed by atoms with E-state index in [-0.39, 0.29) is 17.9 Å². The summed E-state index contributed by atoms with van der Waals surface area (Å²) in [5, 5.41) is 3.03. The van der Waals surface area contributed by atoms with E-state index in [1.165, 1.54) is 0 Å². The van der Waals surface area contributed by atoms with E-state index in [9.17, 15) is 9.59 Å². The third-order valence-electron chi connectivity index (χ3n) is 4.83. The lowest BCUT2D eigenvalue weighted by Gasteiger charge is -2.49. The molecular formula is C17H26N2O2. The highest BCUT2D eigenvalue weighted by atomic mass is 16.2. The first-order valence-electron chi connectivity index (χ1n) is 8.20. The van der Waals surface area contributed by atoms with Gasteiger partial charge < -0.3 is 10.2 Å². The highest BCUT2D eigenvalue weighted by Crippen LogP contribution is 2.35. The number of carbonyl (C=O) groups is 2. The second-order valence-electron chi connectivity index (χ2n) is 6.24. The van der Waals surface area contributed by atoms with Crippen molar-refractivity contribution in [2.75, 3.05) is 0 Å². The van der Waals surface area contributed by atoms with Crippen LogP contribution in [0.25, 0.3) is 0 Å². The first-order valence-corrected chi connectivity index (χ1v) is 8.20. The van der Waals surface area contributed by atoms with E-state index < -0.39 is 11.6 Å². The van der Waals surface area contributed by atoms with Crippen LogP contribution in [0.15, 0.2) is 0 Å². The number of terminal acetylenes is 1. The molecule has 1 spiro atoms. The fourth-order valence-electron chi connectivity index (χ4n) is 3.70. The van der Waals surface area contributed by atoms with Crippen molar-refractivity contribution in [1.82, 2.24) is 10.2 Å². The molecule has 1 saturated heterocycles. The third-order valence-corrected chi connectivity index (χ3v) is 4.83. The molecule has 21 heavy (non-hydrogen) atoms. The van der Waals surface area contributed by atoms with E-state index in [0.29, 0.717) is 6.42 Å². The predicted octanol–water partition coefficient (Wildman–Crippen LogP) is 2.23. The number of hydrogen-bond donors (Lipinski definition) is 1. The van der Waals surface area contributed by atoms with Crippen molar-refractivity contribution in [3.63, 3.8) is 0 Å². The first-order chi connectivity index (χ1) is 10.1. The zero-order chi connectivity index (χ0) is 15.5. The van der Waals surface area contributed by atoms with Crippen molar-refractivity contribution in [1.29, 1.82) is 0 Å². The molecule has 0 aromatic rings. The van der Waals surface area contributed by atoms with Crippen molar-refractivity contribution in [2.24, 2.45) is 0 Å². The summed E-state index contributed by atoms with van der Waals surface area (Å²) in [5.41, 5.74) is -0.691. The molecule has 0 aromatic carbocycles. The summed E-state index contributed by atoms with van der Waals surface area (Å²) in [6.45, 7) is 3.99. The Kier molecular flexibility index (Phi) is 4.92. The smallest absolute Gasteiger partial charge is 0.250 e. The van der Waals surface area contributed by atoms with Gasteiger partial charge in [-0.15, -0.1) is 6.42 Å². The quantitative estimate of drug-likeness (QED) is 0.807. The molecule has 2 amide bonds. The monoisotopic (exact) mass is 290 g/mol. The van der Waals surface area contributed by atoms with Crippen LogP contribution in [0.5, 0.6) is 0 Å². The van der Waals surface area contributed by atoms with Crippen LogP contribution in [0.3, 0.4) is 0 Å². The number of hydrogen-bond acceptors (Lipinski definition) is 2. The molecule has 4 nitrogen and oxygen atoms in total. The maximum absolute atomic E-state index is 13.1. The van der Waals surface area contributed by atoms with Crippen LogP contribution >= 0.6 is 0 Å². The molecule has 0 aromatic heterocycles. The summed E-state index contributed by atoms with van der Waals surface area (Å²) in [7, 11) is 0. The molecule has 0 radical (unpaired) electrons. The van der Waals surface area contributed by atoms with Crippen LogP contribution in [-0.2, 0) is 9.59 Å². The second-order valence-corrected chi connectivity index (χ2v) is 6.24. The summed E-state index contributed by atoms with van der Waals surface area (Å²) >= 11 is 0. The average Bonchev–Trinajstić information content (AvgIpc) is 2.49. The molecule has 1 heterocycles. The highest BCUT2D eigenvalue weighted by Gasteiger charge is 2.51. The number of nitrogens with zero attached hydrogens (tertiary/aromatic N) is 1. The average molecular weight is 290 g/mol. The number of piperazine rings is 1. The van der Waals surface area contributed by atoms with Gasteiger partial charge in [0.25, 0.3) is 0 Å². The Balaban J connectivity index is 2.34. The van der Waals surface area contributed by atoms with Gasteiger partial charge in [0.05, 0.1) is 6.04 Å². The van der Waals surface area contributed by atoms with Gasteiger partial charge in [-0.1, -0.05) is 45.5 Å². The van der Waals surface area contributed by atoms with Crippen molar-refractivity contribution in [2.45, 2.75) is 82.8 Å². The summed E-state index contributed by atoms with van der Waals surface area (Å²) in [6, 6.07) is -0.685. The fraction of sp³-hybridized carbons (Fsp3) is 0.765. The van der Waals surface area contributed by atoms with Crippen LogP contribution in [0.1, 0.15) is 65.2 Å². The lowest BCUT2D eigenvalue weighted by molar-refractivity contribution is -0.158. The molecule has 1 aliphatic heterocycles. The molecule has 1 aliphatic carbocycles. The lowest BCUT2D eigenvalue weighted by Crippen LogP contribution is -2.72. The van der Waals surface area contributed by atoms with Crippen molar-refractivity contribution < 1.29 is 9.59 Å². The third kappa shape index (κ3) is 2.79. The minimum atomic E-state index is -0.691. The topological polar surface area (TPSA) is 49.4 Å². The van der Waals surface area contributed by atoms with E-state index in [0.717, 1.165) is 44.9 Å². The van der Waals surface area contributed by atoms with E-state index in [1.54, 1.807) is 4.90 Å². The van der Waals surface area contributed by atoms with Crippen LogP contribution in [0.2, 0.25) is 0 Å². The van der Waals surface area contributed by atoms with Crippen LogP contribution in [0.4, 0.5) is 0 Å². The van der Waals surface area contributed by atoms with E-state index >= 15 is 0 Å². The summed E-state index contributed by atoms with van der Waals surface area (Å²) in [4.78, 5) is 27.3. The molecule has 2 unspecified atom stereocenters. The molecule has 2 fully saturated rings. The first kappa shape index (κ1) is 15.9. The maximum Gasteiger partial charge on any atom is 0.250 e. The number of rotatable bonds is 4. The highest BCUT2D eigenvalue weighted by molar-refractivity contribution is 6.00. The largest absolute Gasteiger partial charge is 0.340 e.